The molecule has 1 aromatic carbocycles. The molecule has 1 aliphatic rings. The van der Waals surface area contributed by atoms with Crippen molar-refractivity contribution in [3.8, 4) is 5.75 Å². The van der Waals surface area contributed by atoms with E-state index in [0.29, 0.717) is 12.5 Å². The van der Waals surface area contributed by atoms with Crippen molar-refractivity contribution < 1.29 is 14.3 Å². The van der Waals surface area contributed by atoms with E-state index in [9.17, 15) is 4.79 Å². The van der Waals surface area contributed by atoms with E-state index in [1.165, 1.54) is 0 Å². The van der Waals surface area contributed by atoms with Crippen LogP contribution in [0.1, 0.15) is 32.3 Å². The van der Waals surface area contributed by atoms with Gasteiger partial charge in [-0.1, -0.05) is 12.1 Å². The highest BCUT2D eigenvalue weighted by atomic mass is 16.5. The van der Waals surface area contributed by atoms with E-state index in [0.717, 1.165) is 37.4 Å². The number of carbonyl (C=O) groups excluding carboxylic acids is 1. The Morgan fingerprint density at radius 2 is 2.09 bits per heavy atom. The number of nitrogens with one attached hydrogen (secondary N) is 2. The Kier molecular flexibility index (Phi) is 6.71. The number of rotatable bonds is 6. The standard InChI is InChI=1S/C18H28N2O3/c1-13-5-4-6-17(11-13)23-14(2)12-19-18(21)20-15(3)16-7-9-22-10-8-16/h4-6,11,14-16H,7-10,12H2,1-3H3,(H2,19,20,21)/t14-,15-/m1/s1. The molecule has 2 amide bonds. The van der Waals surface area contributed by atoms with E-state index in [4.69, 9.17) is 9.47 Å². The highest BCUT2D eigenvalue weighted by Crippen LogP contribution is 2.18. The molecule has 0 unspecified atom stereocenters. The first-order valence-corrected chi connectivity index (χ1v) is 8.40. The van der Waals surface area contributed by atoms with Crippen LogP contribution in [-0.2, 0) is 4.74 Å². The van der Waals surface area contributed by atoms with Gasteiger partial charge in [-0.05, 0) is 57.2 Å². The zero-order chi connectivity index (χ0) is 16.7. The number of amides is 2. The molecule has 2 atom stereocenters. The molecule has 1 heterocycles. The summed E-state index contributed by atoms with van der Waals surface area (Å²) < 4.78 is 11.2. The third-order valence-corrected chi connectivity index (χ3v) is 4.21. The summed E-state index contributed by atoms with van der Waals surface area (Å²) in [5, 5.41) is 5.90. The van der Waals surface area contributed by atoms with Crippen LogP contribution >= 0.6 is 0 Å². The number of ether oxygens (including phenoxy) is 2. The zero-order valence-corrected chi connectivity index (χ0v) is 14.3. The minimum Gasteiger partial charge on any atom is -0.489 e. The van der Waals surface area contributed by atoms with Crippen molar-refractivity contribution in [1.82, 2.24) is 10.6 Å². The number of benzene rings is 1. The molecule has 1 saturated heterocycles. The maximum Gasteiger partial charge on any atom is 0.315 e. The number of carbonyl (C=O) groups is 1. The predicted octanol–water partition coefficient (Wildman–Crippen LogP) is 2.88. The van der Waals surface area contributed by atoms with E-state index in [1.807, 2.05) is 38.1 Å². The quantitative estimate of drug-likeness (QED) is 0.847. The third kappa shape index (κ3) is 6.10. The van der Waals surface area contributed by atoms with Crippen molar-refractivity contribution in [3.63, 3.8) is 0 Å². The average Bonchev–Trinajstić information content (AvgIpc) is 2.54. The van der Waals surface area contributed by atoms with Gasteiger partial charge in [0.2, 0.25) is 0 Å². The SMILES string of the molecule is Cc1cccc(O[C@H](C)CNC(=O)N[C@H](C)C2CCOCC2)c1. The number of hydrogen-bond donors (Lipinski definition) is 2. The minimum atomic E-state index is -0.135. The lowest BCUT2D eigenvalue weighted by Gasteiger charge is -2.28. The topological polar surface area (TPSA) is 59.6 Å². The van der Waals surface area contributed by atoms with E-state index in [1.54, 1.807) is 0 Å². The van der Waals surface area contributed by atoms with Gasteiger partial charge in [-0.15, -0.1) is 0 Å². The largest absolute Gasteiger partial charge is 0.489 e. The van der Waals surface area contributed by atoms with Crippen molar-refractivity contribution in [3.05, 3.63) is 29.8 Å². The highest BCUT2D eigenvalue weighted by molar-refractivity contribution is 5.74. The van der Waals surface area contributed by atoms with Crippen molar-refractivity contribution >= 4 is 6.03 Å². The second-order valence-corrected chi connectivity index (χ2v) is 6.34. The van der Waals surface area contributed by atoms with Crippen LogP contribution in [0.2, 0.25) is 0 Å². The first-order valence-electron chi connectivity index (χ1n) is 8.40. The summed E-state index contributed by atoms with van der Waals surface area (Å²) in [4.78, 5) is 12.0. The van der Waals surface area contributed by atoms with Gasteiger partial charge in [-0.25, -0.2) is 4.79 Å². The number of hydrogen-bond acceptors (Lipinski definition) is 3. The molecule has 0 radical (unpaired) electrons. The van der Waals surface area contributed by atoms with Crippen LogP contribution < -0.4 is 15.4 Å². The van der Waals surface area contributed by atoms with E-state index in [-0.39, 0.29) is 18.2 Å². The summed E-state index contributed by atoms with van der Waals surface area (Å²) in [6.45, 7) is 8.09. The maximum absolute atomic E-state index is 12.0. The molecule has 0 aromatic heterocycles. The lowest BCUT2D eigenvalue weighted by molar-refractivity contribution is 0.0570. The number of urea groups is 1. The molecule has 2 rings (SSSR count). The van der Waals surface area contributed by atoms with E-state index < -0.39 is 0 Å². The van der Waals surface area contributed by atoms with Crippen LogP contribution in [0.25, 0.3) is 0 Å². The molecule has 0 bridgehead atoms. The van der Waals surface area contributed by atoms with Crippen LogP contribution in [0.15, 0.2) is 24.3 Å². The van der Waals surface area contributed by atoms with Crippen LogP contribution in [-0.4, -0.2) is 37.9 Å². The lowest BCUT2D eigenvalue weighted by Crippen LogP contribution is -2.47. The van der Waals surface area contributed by atoms with Gasteiger partial charge in [0.05, 0.1) is 6.54 Å². The summed E-state index contributed by atoms with van der Waals surface area (Å²) in [5.41, 5.74) is 1.16. The van der Waals surface area contributed by atoms with Crippen LogP contribution in [0.4, 0.5) is 4.79 Å². The van der Waals surface area contributed by atoms with Gasteiger partial charge in [0.1, 0.15) is 11.9 Å². The van der Waals surface area contributed by atoms with Gasteiger partial charge >= 0.3 is 6.03 Å². The highest BCUT2D eigenvalue weighted by Gasteiger charge is 2.21. The molecule has 5 nitrogen and oxygen atoms in total. The van der Waals surface area contributed by atoms with Gasteiger partial charge in [-0.3, -0.25) is 0 Å². The van der Waals surface area contributed by atoms with Crippen molar-refractivity contribution in [2.24, 2.45) is 5.92 Å². The summed E-state index contributed by atoms with van der Waals surface area (Å²) in [6, 6.07) is 7.93. The van der Waals surface area contributed by atoms with Crippen LogP contribution in [0, 0.1) is 12.8 Å². The first-order chi connectivity index (χ1) is 11.0. The fourth-order valence-electron chi connectivity index (χ4n) is 2.79. The van der Waals surface area contributed by atoms with E-state index in [2.05, 4.69) is 17.6 Å². The Hall–Kier alpha value is -1.75. The fraction of sp³-hybridized carbons (Fsp3) is 0.611. The van der Waals surface area contributed by atoms with Crippen molar-refractivity contribution in [2.45, 2.75) is 45.8 Å². The molecule has 23 heavy (non-hydrogen) atoms. The molecular formula is C18H28N2O3. The molecule has 2 N–H and O–H groups in total. The molecule has 5 heteroatoms. The van der Waals surface area contributed by atoms with Gasteiger partial charge < -0.3 is 20.1 Å². The summed E-state index contributed by atoms with van der Waals surface area (Å²) in [6.07, 6.45) is 1.93. The van der Waals surface area contributed by atoms with Gasteiger partial charge in [0, 0.05) is 19.3 Å². The molecule has 1 aliphatic heterocycles. The first kappa shape index (κ1) is 17.6. The van der Waals surface area contributed by atoms with Gasteiger partial charge in [0.25, 0.3) is 0 Å². The monoisotopic (exact) mass is 320 g/mol. The predicted molar refractivity (Wildman–Crippen MR) is 90.8 cm³/mol. The normalized spacial score (nSPS) is 18.0. The Balaban J connectivity index is 1.68. The average molecular weight is 320 g/mol. The molecule has 1 fully saturated rings. The number of aryl methyl sites for hydroxylation is 1. The molecule has 0 aliphatic carbocycles. The van der Waals surface area contributed by atoms with E-state index >= 15 is 0 Å². The van der Waals surface area contributed by atoms with Crippen molar-refractivity contribution in [2.75, 3.05) is 19.8 Å². The van der Waals surface area contributed by atoms with Crippen molar-refractivity contribution in [1.29, 1.82) is 0 Å². The Morgan fingerprint density at radius 1 is 1.35 bits per heavy atom. The molecule has 128 valence electrons. The molecule has 0 saturated carbocycles. The maximum atomic E-state index is 12.0. The van der Waals surface area contributed by atoms with Gasteiger partial charge in [0.15, 0.2) is 0 Å². The lowest BCUT2D eigenvalue weighted by atomic mass is 9.93. The second-order valence-electron chi connectivity index (χ2n) is 6.34. The van der Waals surface area contributed by atoms with Gasteiger partial charge in [-0.2, -0.15) is 0 Å². The Bertz CT molecular complexity index is 501. The molecular weight excluding hydrogens is 292 g/mol. The summed E-state index contributed by atoms with van der Waals surface area (Å²) >= 11 is 0. The smallest absolute Gasteiger partial charge is 0.315 e. The second kappa shape index (κ2) is 8.77. The Labute approximate surface area is 138 Å². The molecule has 1 aromatic rings. The van der Waals surface area contributed by atoms with Crippen LogP contribution in [0.5, 0.6) is 5.75 Å². The van der Waals surface area contributed by atoms with Crippen LogP contribution in [0.3, 0.4) is 0 Å². The zero-order valence-electron chi connectivity index (χ0n) is 14.3. The summed E-state index contributed by atoms with van der Waals surface area (Å²) in [5.74, 6) is 1.32. The summed E-state index contributed by atoms with van der Waals surface area (Å²) in [7, 11) is 0. The third-order valence-electron chi connectivity index (χ3n) is 4.21. The molecule has 0 spiro atoms. The fourth-order valence-corrected chi connectivity index (χ4v) is 2.79. The Morgan fingerprint density at radius 3 is 2.78 bits per heavy atom. The minimum absolute atomic E-state index is 0.0825.